The van der Waals surface area contributed by atoms with Crippen LogP contribution in [0.15, 0.2) is 24.5 Å². The summed E-state index contributed by atoms with van der Waals surface area (Å²) in [5, 5.41) is 3.78. The van der Waals surface area contributed by atoms with Crippen LogP contribution in [-0.4, -0.2) is 35.6 Å². The molecular weight excluding hydrogens is 210 g/mol. The first-order valence-corrected chi connectivity index (χ1v) is 6.71. The van der Waals surface area contributed by atoms with Gasteiger partial charge in [-0.05, 0) is 50.4 Å². The number of aromatic nitrogens is 1. The van der Waals surface area contributed by atoms with E-state index in [-0.39, 0.29) is 0 Å². The van der Waals surface area contributed by atoms with Gasteiger partial charge in [0.2, 0.25) is 0 Å². The summed E-state index contributed by atoms with van der Waals surface area (Å²) in [5.74, 6) is 0.888. The normalized spacial score (nSPS) is 33.6. The highest BCUT2D eigenvalue weighted by atomic mass is 15.2. The van der Waals surface area contributed by atoms with Gasteiger partial charge in [-0.2, -0.15) is 0 Å². The molecule has 92 valence electrons. The highest BCUT2D eigenvalue weighted by Crippen LogP contribution is 2.29. The fourth-order valence-electron chi connectivity index (χ4n) is 3.20. The largest absolute Gasteiger partial charge is 0.306 e. The van der Waals surface area contributed by atoms with Gasteiger partial charge >= 0.3 is 0 Å². The average Bonchev–Trinajstić information content (AvgIpc) is 2.41. The molecule has 4 rings (SSSR count). The number of piperidine rings is 3. The molecule has 1 unspecified atom stereocenters. The summed E-state index contributed by atoms with van der Waals surface area (Å²) in [4.78, 5) is 6.79. The summed E-state index contributed by atoms with van der Waals surface area (Å²) in [6, 6.07) is 5.26. The predicted molar refractivity (Wildman–Crippen MR) is 68.7 cm³/mol. The summed E-state index contributed by atoms with van der Waals surface area (Å²) in [6.07, 6.45) is 6.55. The lowest BCUT2D eigenvalue weighted by Crippen LogP contribution is -2.56. The maximum atomic E-state index is 4.20. The van der Waals surface area contributed by atoms with Gasteiger partial charge in [0.1, 0.15) is 0 Å². The number of hydrogen-bond acceptors (Lipinski definition) is 3. The van der Waals surface area contributed by atoms with E-state index in [2.05, 4.69) is 28.2 Å². The fourth-order valence-corrected chi connectivity index (χ4v) is 3.20. The van der Waals surface area contributed by atoms with Crippen LogP contribution in [0.4, 0.5) is 0 Å². The van der Waals surface area contributed by atoms with Gasteiger partial charge in [0.15, 0.2) is 0 Å². The lowest BCUT2D eigenvalue weighted by atomic mass is 9.83. The molecule has 0 saturated carbocycles. The van der Waals surface area contributed by atoms with Crippen molar-refractivity contribution in [1.82, 2.24) is 15.2 Å². The van der Waals surface area contributed by atoms with Crippen molar-refractivity contribution >= 4 is 0 Å². The van der Waals surface area contributed by atoms with E-state index in [4.69, 9.17) is 0 Å². The molecule has 2 atom stereocenters. The summed E-state index contributed by atoms with van der Waals surface area (Å²) in [7, 11) is 0. The van der Waals surface area contributed by atoms with Crippen molar-refractivity contribution in [1.29, 1.82) is 0 Å². The van der Waals surface area contributed by atoms with Gasteiger partial charge in [-0.1, -0.05) is 6.07 Å². The number of nitrogens with one attached hydrogen (secondary N) is 1. The molecule has 2 bridgehead atoms. The maximum Gasteiger partial charge on any atom is 0.0315 e. The zero-order valence-corrected chi connectivity index (χ0v) is 10.5. The fraction of sp³-hybridized carbons (Fsp3) is 0.643. The Hall–Kier alpha value is -0.930. The molecule has 0 spiro atoms. The molecule has 0 aromatic carbocycles. The van der Waals surface area contributed by atoms with E-state index in [0.29, 0.717) is 12.1 Å². The summed E-state index contributed by atoms with van der Waals surface area (Å²) < 4.78 is 0. The summed E-state index contributed by atoms with van der Waals surface area (Å²) in [5.41, 5.74) is 1.30. The van der Waals surface area contributed by atoms with E-state index in [1.807, 2.05) is 18.5 Å². The molecule has 3 heteroatoms. The molecular formula is C14H21N3. The molecule has 1 N–H and O–H groups in total. The first kappa shape index (κ1) is 11.2. The highest BCUT2D eigenvalue weighted by molar-refractivity contribution is 5.13. The Labute approximate surface area is 103 Å². The van der Waals surface area contributed by atoms with Crippen LogP contribution in [0, 0.1) is 5.92 Å². The van der Waals surface area contributed by atoms with Crippen LogP contribution in [-0.2, 0) is 0 Å². The van der Waals surface area contributed by atoms with Crippen molar-refractivity contribution in [3.05, 3.63) is 30.1 Å². The van der Waals surface area contributed by atoms with Crippen LogP contribution < -0.4 is 5.32 Å². The summed E-state index contributed by atoms with van der Waals surface area (Å²) in [6.45, 7) is 6.10. The Morgan fingerprint density at radius 2 is 2.24 bits per heavy atom. The van der Waals surface area contributed by atoms with E-state index >= 15 is 0 Å². The quantitative estimate of drug-likeness (QED) is 0.860. The van der Waals surface area contributed by atoms with E-state index in [9.17, 15) is 0 Å². The molecule has 3 nitrogen and oxygen atoms in total. The van der Waals surface area contributed by atoms with E-state index in [1.165, 1.54) is 38.0 Å². The van der Waals surface area contributed by atoms with Gasteiger partial charge < -0.3 is 10.2 Å². The molecule has 17 heavy (non-hydrogen) atoms. The molecule has 4 heterocycles. The molecule has 3 aliphatic rings. The maximum absolute atomic E-state index is 4.20. The van der Waals surface area contributed by atoms with Gasteiger partial charge in [-0.3, -0.25) is 4.98 Å². The first-order chi connectivity index (χ1) is 8.33. The second-order valence-electron chi connectivity index (χ2n) is 5.42. The molecule has 1 aromatic heterocycles. The van der Waals surface area contributed by atoms with Gasteiger partial charge in [0.25, 0.3) is 0 Å². The van der Waals surface area contributed by atoms with Crippen LogP contribution in [0.2, 0.25) is 0 Å². The Morgan fingerprint density at radius 1 is 1.41 bits per heavy atom. The minimum atomic E-state index is 0.411. The van der Waals surface area contributed by atoms with Crippen LogP contribution in [0.3, 0.4) is 0 Å². The third kappa shape index (κ3) is 2.35. The van der Waals surface area contributed by atoms with E-state index in [1.54, 1.807) is 0 Å². The molecule has 0 radical (unpaired) electrons. The van der Waals surface area contributed by atoms with Crippen LogP contribution in [0.25, 0.3) is 0 Å². The van der Waals surface area contributed by atoms with Crippen LogP contribution >= 0.6 is 0 Å². The Kier molecular flexibility index (Phi) is 3.12. The van der Waals surface area contributed by atoms with Crippen molar-refractivity contribution in [2.45, 2.75) is 31.8 Å². The Morgan fingerprint density at radius 3 is 2.82 bits per heavy atom. The number of rotatable bonds is 3. The van der Waals surface area contributed by atoms with E-state index in [0.717, 1.165) is 5.92 Å². The monoisotopic (exact) mass is 231 g/mol. The number of hydrogen-bond donors (Lipinski definition) is 1. The minimum Gasteiger partial charge on any atom is -0.306 e. The topological polar surface area (TPSA) is 28.2 Å². The number of pyridine rings is 1. The number of fused-ring (bicyclic) bond motifs is 3. The smallest absolute Gasteiger partial charge is 0.0315 e. The molecule has 0 amide bonds. The third-order valence-corrected chi connectivity index (χ3v) is 4.30. The zero-order valence-electron chi connectivity index (χ0n) is 10.5. The first-order valence-electron chi connectivity index (χ1n) is 6.71. The van der Waals surface area contributed by atoms with Gasteiger partial charge in [-0.15, -0.1) is 0 Å². The standard InChI is InChI=1S/C14H21N3/c1-11(13-3-2-6-15-9-13)16-14-10-17-7-4-12(14)5-8-17/h2-3,6,9,11-12,14,16H,4-5,7-8,10H2,1H3/t11-,14?/m1/s1. The Bertz CT molecular complexity index is 357. The van der Waals surface area contributed by atoms with Crippen molar-refractivity contribution < 1.29 is 0 Å². The second-order valence-corrected chi connectivity index (χ2v) is 5.42. The van der Waals surface area contributed by atoms with Gasteiger partial charge in [-0.25, -0.2) is 0 Å². The Balaban J connectivity index is 1.64. The van der Waals surface area contributed by atoms with Crippen LogP contribution in [0.1, 0.15) is 31.4 Å². The lowest BCUT2D eigenvalue weighted by Gasteiger charge is -2.46. The molecule has 3 fully saturated rings. The van der Waals surface area contributed by atoms with Crippen molar-refractivity contribution in [2.75, 3.05) is 19.6 Å². The van der Waals surface area contributed by atoms with Crippen LogP contribution in [0.5, 0.6) is 0 Å². The third-order valence-electron chi connectivity index (χ3n) is 4.30. The zero-order chi connectivity index (χ0) is 11.7. The van der Waals surface area contributed by atoms with Gasteiger partial charge in [0, 0.05) is 31.0 Å². The second kappa shape index (κ2) is 4.75. The van der Waals surface area contributed by atoms with E-state index < -0.39 is 0 Å². The molecule has 1 aromatic rings. The van der Waals surface area contributed by atoms with Gasteiger partial charge in [0.05, 0.1) is 0 Å². The molecule has 3 aliphatic heterocycles. The van der Waals surface area contributed by atoms with Crippen molar-refractivity contribution in [3.63, 3.8) is 0 Å². The van der Waals surface area contributed by atoms with Crippen molar-refractivity contribution in [2.24, 2.45) is 5.92 Å². The summed E-state index contributed by atoms with van der Waals surface area (Å²) >= 11 is 0. The molecule has 3 saturated heterocycles. The minimum absolute atomic E-state index is 0.411. The number of nitrogens with zero attached hydrogens (tertiary/aromatic N) is 2. The lowest BCUT2D eigenvalue weighted by molar-refractivity contribution is 0.0680. The average molecular weight is 231 g/mol. The van der Waals surface area contributed by atoms with Crippen molar-refractivity contribution in [3.8, 4) is 0 Å². The highest BCUT2D eigenvalue weighted by Gasteiger charge is 2.34. The molecule has 0 aliphatic carbocycles. The SMILES string of the molecule is C[C@@H](NC1CN2CCC1CC2)c1cccnc1. The predicted octanol–water partition coefficient (Wildman–Crippen LogP) is 1.83.